The number of hydrogen-bond acceptors (Lipinski definition) is 5. The first kappa shape index (κ1) is 22.0. The third-order valence-corrected chi connectivity index (χ3v) is 5.08. The molecule has 0 atom stereocenters. The number of hydrazone groups is 1. The number of aromatic nitrogens is 1. The summed E-state index contributed by atoms with van der Waals surface area (Å²) in [6, 6.07) is 15.4. The zero-order valence-corrected chi connectivity index (χ0v) is 18.8. The van der Waals surface area contributed by atoms with E-state index >= 15 is 0 Å². The number of ether oxygens (including phenoxy) is 2. The van der Waals surface area contributed by atoms with E-state index in [9.17, 15) is 4.79 Å². The Balaban J connectivity index is 1.78. The second-order valence-corrected chi connectivity index (χ2v) is 7.37. The van der Waals surface area contributed by atoms with Crippen LogP contribution in [0.1, 0.15) is 27.3 Å². The molecule has 0 unspecified atom stereocenters. The van der Waals surface area contributed by atoms with Crippen molar-refractivity contribution in [2.75, 3.05) is 33.2 Å². The third-order valence-electron chi connectivity index (χ3n) is 5.08. The molecule has 0 aliphatic heterocycles. The molecule has 2 aromatic carbocycles. The molecular formula is C24H28N4O3. The highest BCUT2D eigenvalue weighted by Gasteiger charge is 2.11. The van der Waals surface area contributed by atoms with Crippen LogP contribution in [-0.2, 0) is 0 Å². The molecule has 0 saturated carbocycles. The molecule has 0 bridgehead atoms. The van der Waals surface area contributed by atoms with Crippen LogP contribution < -0.4 is 19.8 Å². The number of methoxy groups -OCH3 is 2. The van der Waals surface area contributed by atoms with Gasteiger partial charge in [-0.2, -0.15) is 5.10 Å². The topological polar surface area (TPSA) is 68.1 Å². The number of hydrogen-bond donors (Lipinski definition) is 1. The van der Waals surface area contributed by atoms with E-state index in [1.807, 2.05) is 34.0 Å². The van der Waals surface area contributed by atoms with Crippen molar-refractivity contribution < 1.29 is 14.3 Å². The van der Waals surface area contributed by atoms with E-state index in [2.05, 4.69) is 44.3 Å². The van der Waals surface area contributed by atoms with Gasteiger partial charge in [-0.25, -0.2) is 5.43 Å². The molecule has 3 aromatic rings. The van der Waals surface area contributed by atoms with E-state index in [1.54, 1.807) is 38.6 Å². The standard InChI is InChI=1S/C24H28N4O3/c1-16-11-19(17(2)28(16)21-9-7-20(8-10-21)27(3)4)15-25-26-24(29)18-12-22(30-5)14-23(13-18)31-6/h7-15H,1-6H3,(H,26,29). The molecule has 7 heteroatoms. The Morgan fingerprint density at radius 3 is 2.16 bits per heavy atom. The highest BCUT2D eigenvalue weighted by Crippen LogP contribution is 2.23. The van der Waals surface area contributed by atoms with Crippen LogP contribution in [0.3, 0.4) is 0 Å². The Labute approximate surface area is 182 Å². The lowest BCUT2D eigenvalue weighted by Gasteiger charge is -2.14. The van der Waals surface area contributed by atoms with Gasteiger partial charge >= 0.3 is 0 Å². The van der Waals surface area contributed by atoms with Gasteiger partial charge in [-0.3, -0.25) is 4.79 Å². The summed E-state index contributed by atoms with van der Waals surface area (Å²) in [6.07, 6.45) is 1.66. The fourth-order valence-corrected chi connectivity index (χ4v) is 3.38. The van der Waals surface area contributed by atoms with Gasteiger partial charge in [0, 0.05) is 54.1 Å². The summed E-state index contributed by atoms with van der Waals surface area (Å²) in [6.45, 7) is 4.08. The highest BCUT2D eigenvalue weighted by molar-refractivity contribution is 5.95. The summed E-state index contributed by atoms with van der Waals surface area (Å²) in [5, 5.41) is 4.15. The smallest absolute Gasteiger partial charge is 0.271 e. The molecule has 0 fully saturated rings. The first-order valence-electron chi connectivity index (χ1n) is 9.87. The predicted molar refractivity (Wildman–Crippen MR) is 124 cm³/mol. The number of carbonyl (C=O) groups excluding carboxylic acids is 1. The van der Waals surface area contributed by atoms with E-state index in [-0.39, 0.29) is 5.91 Å². The summed E-state index contributed by atoms with van der Waals surface area (Å²) in [5.74, 6) is 0.733. The minimum absolute atomic E-state index is 0.346. The van der Waals surface area contributed by atoms with Crippen LogP contribution in [0.25, 0.3) is 5.69 Å². The van der Waals surface area contributed by atoms with Crippen molar-refractivity contribution >= 4 is 17.8 Å². The Kier molecular flexibility index (Phi) is 6.65. The first-order valence-corrected chi connectivity index (χ1v) is 9.87. The van der Waals surface area contributed by atoms with Gasteiger partial charge in [-0.15, -0.1) is 0 Å². The molecule has 1 N–H and O–H groups in total. The van der Waals surface area contributed by atoms with Crippen molar-refractivity contribution in [1.82, 2.24) is 9.99 Å². The van der Waals surface area contributed by atoms with Crippen LogP contribution in [0, 0.1) is 13.8 Å². The molecule has 3 rings (SSSR count). The van der Waals surface area contributed by atoms with Crippen LogP contribution in [0.2, 0.25) is 0 Å². The molecule has 0 saturated heterocycles. The van der Waals surface area contributed by atoms with Gasteiger partial charge in [0.1, 0.15) is 11.5 Å². The number of carbonyl (C=O) groups is 1. The molecule has 7 nitrogen and oxygen atoms in total. The number of rotatable bonds is 7. The lowest BCUT2D eigenvalue weighted by molar-refractivity contribution is 0.0954. The second-order valence-electron chi connectivity index (χ2n) is 7.37. The molecule has 31 heavy (non-hydrogen) atoms. The van der Waals surface area contributed by atoms with Gasteiger partial charge in [0.15, 0.2) is 0 Å². The maximum absolute atomic E-state index is 12.5. The number of amides is 1. The highest BCUT2D eigenvalue weighted by atomic mass is 16.5. The Hall–Kier alpha value is -3.74. The zero-order valence-electron chi connectivity index (χ0n) is 18.8. The molecule has 1 heterocycles. The van der Waals surface area contributed by atoms with E-state index < -0.39 is 0 Å². The zero-order chi connectivity index (χ0) is 22.5. The fraction of sp³-hybridized carbons (Fsp3) is 0.250. The van der Waals surface area contributed by atoms with Crippen molar-refractivity contribution in [3.8, 4) is 17.2 Å². The van der Waals surface area contributed by atoms with Gasteiger partial charge in [-0.05, 0) is 56.3 Å². The van der Waals surface area contributed by atoms with Gasteiger partial charge in [-0.1, -0.05) is 0 Å². The summed E-state index contributed by atoms with van der Waals surface area (Å²) >= 11 is 0. The van der Waals surface area contributed by atoms with Crippen molar-refractivity contribution in [3.63, 3.8) is 0 Å². The van der Waals surface area contributed by atoms with Gasteiger partial charge in [0.25, 0.3) is 5.91 Å². The molecule has 162 valence electrons. The normalized spacial score (nSPS) is 10.9. The first-order chi connectivity index (χ1) is 14.8. The summed E-state index contributed by atoms with van der Waals surface area (Å²) < 4.78 is 12.6. The predicted octanol–water partition coefficient (Wildman–Crippen LogP) is 3.94. The molecule has 0 radical (unpaired) electrons. The van der Waals surface area contributed by atoms with Gasteiger partial charge < -0.3 is 18.9 Å². The fourth-order valence-electron chi connectivity index (χ4n) is 3.38. The number of nitrogens with one attached hydrogen (secondary N) is 1. The summed E-state index contributed by atoms with van der Waals surface area (Å²) in [7, 11) is 7.12. The van der Waals surface area contributed by atoms with Crippen LogP contribution in [0.4, 0.5) is 5.69 Å². The molecule has 1 amide bonds. The van der Waals surface area contributed by atoms with E-state index in [4.69, 9.17) is 9.47 Å². The van der Waals surface area contributed by atoms with Crippen LogP contribution in [0.5, 0.6) is 11.5 Å². The van der Waals surface area contributed by atoms with E-state index in [1.165, 1.54) is 0 Å². The molecule has 0 spiro atoms. The summed E-state index contributed by atoms with van der Waals surface area (Å²) in [5.41, 5.74) is 8.24. The third kappa shape index (κ3) is 4.88. The van der Waals surface area contributed by atoms with Crippen LogP contribution in [-0.4, -0.2) is 45.0 Å². The minimum atomic E-state index is -0.346. The largest absolute Gasteiger partial charge is 0.497 e. The second kappa shape index (κ2) is 9.38. The lowest BCUT2D eigenvalue weighted by atomic mass is 10.2. The Morgan fingerprint density at radius 1 is 1.00 bits per heavy atom. The monoisotopic (exact) mass is 420 g/mol. The Morgan fingerprint density at radius 2 is 1.61 bits per heavy atom. The molecule has 0 aliphatic carbocycles. The average Bonchev–Trinajstić information content (AvgIpc) is 3.06. The molecular weight excluding hydrogens is 392 g/mol. The van der Waals surface area contributed by atoms with Crippen molar-refractivity contribution in [2.45, 2.75) is 13.8 Å². The minimum Gasteiger partial charge on any atom is -0.497 e. The van der Waals surface area contributed by atoms with Crippen LogP contribution in [0.15, 0.2) is 53.6 Å². The quantitative estimate of drug-likeness (QED) is 0.464. The maximum atomic E-state index is 12.5. The Bertz CT molecular complexity index is 1080. The average molecular weight is 421 g/mol. The molecule has 1 aromatic heterocycles. The SMILES string of the molecule is COc1cc(OC)cc(C(=O)NN=Cc2cc(C)n(-c3ccc(N(C)C)cc3)c2C)c1. The van der Waals surface area contributed by atoms with Crippen LogP contribution >= 0.6 is 0 Å². The van der Waals surface area contributed by atoms with Crippen molar-refractivity contribution in [3.05, 3.63) is 71.0 Å². The van der Waals surface area contributed by atoms with E-state index in [0.29, 0.717) is 17.1 Å². The van der Waals surface area contributed by atoms with Gasteiger partial charge in [0.05, 0.1) is 20.4 Å². The number of anilines is 1. The van der Waals surface area contributed by atoms with Crippen molar-refractivity contribution in [1.29, 1.82) is 0 Å². The number of nitrogens with zero attached hydrogens (tertiary/aromatic N) is 3. The summed E-state index contributed by atoms with van der Waals surface area (Å²) in [4.78, 5) is 14.6. The lowest BCUT2D eigenvalue weighted by Crippen LogP contribution is -2.17. The number of aryl methyl sites for hydroxylation is 1. The van der Waals surface area contributed by atoms with Crippen molar-refractivity contribution in [2.24, 2.45) is 5.10 Å². The maximum Gasteiger partial charge on any atom is 0.271 e. The van der Waals surface area contributed by atoms with E-state index in [0.717, 1.165) is 28.3 Å². The molecule has 0 aliphatic rings. The van der Waals surface area contributed by atoms with Gasteiger partial charge in [0.2, 0.25) is 0 Å². The number of benzene rings is 2.